The summed E-state index contributed by atoms with van der Waals surface area (Å²) in [5.74, 6) is -2.45. The van der Waals surface area contributed by atoms with Crippen molar-refractivity contribution in [3.63, 3.8) is 0 Å². The van der Waals surface area contributed by atoms with Gasteiger partial charge in [0.05, 0.1) is 6.54 Å². The normalized spacial score (nSPS) is 15.1. The third-order valence-corrected chi connectivity index (χ3v) is 5.05. The van der Waals surface area contributed by atoms with E-state index in [-0.39, 0.29) is 24.6 Å². The smallest absolute Gasteiger partial charge is 0.326 e. The Bertz CT molecular complexity index is 521. The van der Waals surface area contributed by atoms with E-state index in [2.05, 4.69) is 28.6 Å². The van der Waals surface area contributed by atoms with Gasteiger partial charge in [0, 0.05) is 5.75 Å². The van der Waals surface area contributed by atoms with Crippen LogP contribution in [0.25, 0.3) is 0 Å². The van der Waals surface area contributed by atoms with Gasteiger partial charge in [-0.05, 0) is 24.3 Å². The topological polar surface area (TPSA) is 151 Å². The number of amides is 3. The van der Waals surface area contributed by atoms with Gasteiger partial charge in [0.25, 0.3) is 0 Å². The Morgan fingerprint density at radius 3 is 2.15 bits per heavy atom. The van der Waals surface area contributed by atoms with E-state index in [1.807, 2.05) is 13.2 Å². The molecule has 0 aromatic rings. The van der Waals surface area contributed by atoms with Crippen LogP contribution in [0.1, 0.15) is 26.7 Å². The maximum Gasteiger partial charge on any atom is 0.326 e. The Balaban J connectivity index is 5.07. The molecule has 0 spiro atoms. The van der Waals surface area contributed by atoms with Crippen molar-refractivity contribution < 1.29 is 24.3 Å². The summed E-state index contributed by atoms with van der Waals surface area (Å²) in [6, 6.07) is -2.93. The van der Waals surface area contributed by atoms with E-state index in [0.29, 0.717) is 12.2 Å². The first-order chi connectivity index (χ1) is 12.7. The highest BCUT2D eigenvalue weighted by atomic mass is 32.2. The first kappa shape index (κ1) is 25.5. The van der Waals surface area contributed by atoms with E-state index in [1.165, 1.54) is 11.8 Å². The monoisotopic (exact) mass is 422 g/mol. The minimum absolute atomic E-state index is 0.0233. The van der Waals surface area contributed by atoms with Gasteiger partial charge in [-0.3, -0.25) is 14.4 Å². The third-order valence-electron chi connectivity index (χ3n) is 4.04. The highest BCUT2D eigenvalue weighted by Gasteiger charge is 2.30. The fourth-order valence-electron chi connectivity index (χ4n) is 2.16. The molecule has 0 radical (unpaired) electrons. The second kappa shape index (κ2) is 13.7. The molecule has 0 aromatic heterocycles. The minimum atomic E-state index is -1.14. The van der Waals surface area contributed by atoms with E-state index >= 15 is 0 Å². The number of rotatable bonds is 13. The van der Waals surface area contributed by atoms with Crippen molar-refractivity contribution in [1.82, 2.24) is 16.0 Å². The van der Waals surface area contributed by atoms with Crippen LogP contribution in [0.15, 0.2) is 0 Å². The zero-order valence-corrected chi connectivity index (χ0v) is 17.6. The molecule has 156 valence electrons. The molecule has 0 saturated heterocycles. The average molecular weight is 423 g/mol. The Hall–Kier alpha value is -1.46. The summed E-state index contributed by atoms with van der Waals surface area (Å²) in [5, 5.41) is 16.7. The first-order valence-electron chi connectivity index (χ1n) is 8.64. The van der Waals surface area contributed by atoms with E-state index in [9.17, 15) is 24.3 Å². The first-order valence-corrected chi connectivity index (χ1v) is 10.7. The Morgan fingerprint density at radius 1 is 1.11 bits per heavy atom. The van der Waals surface area contributed by atoms with Crippen LogP contribution >= 0.6 is 24.4 Å². The predicted molar refractivity (Wildman–Crippen MR) is 109 cm³/mol. The van der Waals surface area contributed by atoms with Gasteiger partial charge < -0.3 is 26.8 Å². The summed E-state index contributed by atoms with van der Waals surface area (Å²) < 4.78 is 0. The third kappa shape index (κ3) is 9.34. The molecular weight excluding hydrogens is 392 g/mol. The summed E-state index contributed by atoms with van der Waals surface area (Å²) >= 11 is 5.54. The van der Waals surface area contributed by atoms with Crippen molar-refractivity contribution in [3.8, 4) is 0 Å². The SMILES string of the molecule is CCC(C)C(NC(=O)CN)C(=O)NC(CS)C(=O)NC(CCSC)C(=O)O. The highest BCUT2D eigenvalue weighted by Crippen LogP contribution is 2.09. The van der Waals surface area contributed by atoms with E-state index in [4.69, 9.17) is 5.73 Å². The second-order valence-corrected chi connectivity index (χ2v) is 7.41. The minimum Gasteiger partial charge on any atom is -0.480 e. The molecule has 0 rings (SSSR count). The van der Waals surface area contributed by atoms with Crippen molar-refractivity contribution in [2.45, 2.75) is 44.8 Å². The maximum absolute atomic E-state index is 12.6. The zero-order chi connectivity index (χ0) is 21.0. The lowest BCUT2D eigenvalue weighted by Crippen LogP contribution is -2.58. The van der Waals surface area contributed by atoms with Crippen molar-refractivity contribution >= 4 is 48.1 Å². The zero-order valence-electron chi connectivity index (χ0n) is 15.9. The van der Waals surface area contributed by atoms with Crippen molar-refractivity contribution in [1.29, 1.82) is 0 Å². The fraction of sp³-hybridized carbons (Fsp3) is 0.750. The van der Waals surface area contributed by atoms with Crippen LogP contribution in [0, 0.1) is 5.92 Å². The van der Waals surface area contributed by atoms with Gasteiger partial charge in [-0.2, -0.15) is 24.4 Å². The van der Waals surface area contributed by atoms with Crippen LogP contribution in [-0.4, -0.2) is 71.2 Å². The summed E-state index contributed by atoms with van der Waals surface area (Å²) in [6.07, 6.45) is 2.72. The molecule has 0 aliphatic heterocycles. The molecular formula is C16H30N4O5S2. The van der Waals surface area contributed by atoms with Gasteiger partial charge in [-0.15, -0.1) is 0 Å². The molecule has 0 bridgehead atoms. The van der Waals surface area contributed by atoms with Crippen molar-refractivity contribution in [3.05, 3.63) is 0 Å². The summed E-state index contributed by atoms with van der Waals surface area (Å²) in [6.45, 7) is 3.40. The lowest BCUT2D eigenvalue weighted by atomic mass is 9.98. The quantitative estimate of drug-likeness (QED) is 0.213. The van der Waals surface area contributed by atoms with Crippen LogP contribution in [-0.2, 0) is 19.2 Å². The number of carboxylic acid groups (broad SMARTS) is 1. The number of hydrogen-bond donors (Lipinski definition) is 6. The predicted octanol–water partition coefficient (Wildman–Crippen LogP) is -0.787. The molecule has 0 fully saturated rings. The fourth-order valence-corrected chi connectivity index (χ4v) is 2.88. The number of aliphatic carboxylic acids is 1. The number of nitrogens with two attached hydrogens (primary N) is 1. The number of thiol groups is 1. The molecule has 0 saturated carbocycles. The molecule has 0 aliphatic rings. The molecule has 9 nitrogen and oxygen atoms in total. The van der Waals surface area contributed by atoms with Gasteiger partial charge in [0.2, 0.25) is 17.7 Å². The molecule has 4 atom stereocenters. The largest absolute Gasteiger partial charge is 0.480 e. The molecule has 11 heteroatoms. The lowest BCUT2D eigenvalue weighted by Gasteiger charge is -2.26. The molecule has 6 N–H and O–H groups in total. The number of thioether (sulfide) groups is 1. The number of hydrogen-bond acceptors (Lipinski definition) is 7. The van der Waals surface area contributed by atoms with Crippen LogP contribution in [0.4, 0.5) is 0 Å². The summed E-state index contributed by atoms with van der Waals surface area (Å²) in [4.78, 5) is 47.8. The summed E-state index contributed by atoms with van der Waals surface area (Å²) in [7, 11) is 0. The molecule has 0 heterocycles. The maximum atomic E-state index is 12.6. The van der Waals surface area contributed by atoms with E-state index in [0.717, 1.165) is 0 Å². The lowest BCUT2D eigenvalue weighted by molar-refractivity contribution is -0.142. The molecule has 0 aliphatic carbocycles. The molecule has 0 aromatic carbocycles. The van der Waals surface area contributed by atoms with Gasteiger partial charge in [0.15, 0.2) is 0 Å². The standard InChI is InChI=1S/C16H30N4O5S2/c1-4-9(2)13(20-12(21)7-17)15(23)19-11(8-26)14(22)18-10(16(24)25)5-6-27-3/h9-11,13,26H,4-8,17H2,1-3H3,(H,18,22)(H,19,23)(H,20,21)(H,24,25). The number of carbonyl (C=O) groups excluding carboxylic acids is 3. The Kier molecular flexibility index (Phi) is 12.9. The van der Waals surface area contributed by atoms with Crippen molar-refractivity contribution in [2.75, 3.05) is 24.3 Å². The number of carbonyl (C=O) groups is 4. The Labute approximate surface area is 169 Å². The van der Waals surface area contributed by atoms with Crippen LogP contribution in [0.2, 0.25) is 0 Å². The molecule has 3 amide bonds. The van der Waals surface area contributed by atoms with Crippen LogP contribution in [0.3, 0.4) is 0 Å². The van der Waals surface area contributed by atoms with Crippen LogP contribution < -0.4 is 21.7 Å². The van der Waals surface area contributed by atoms with E-state index in [1.54, 1.807) is 6.92 Å². The van der Waals surface area contributed by atoms with Crippen molar-refractivity contribution in [2.24, 2.45) is 11.7 Å². The van der Waals surface area contributed by atoms with Gasteiger partial charge in [-0.1, -0.05) is 20.3 Å². The average Bonchev–Trinajstić information content (AvgIpc) is 2.65. The number of carboxylic acids is 1. The highest BCUT2D eigenvalue weighted by molar-refractivity contribution is 7.98. The van der Waals surface area contributed by atoms with Crippen LogP contribution in [0.5, 0.6) is 0 Å². The van der Waals surface area contributed by atoms with Gasteiger partial charge in [0.1, 0.15) is 18.1 Å². The molecule has 4 unspecified atom stereocenters. The van der Waals surface area contributed by atoms with E-state index < -0.39 is 41.8 Å². The Morgan fingerprint density at radius 2 is 1.70 bits per heavy atom. The second-order valence-electron chi connectivity index (χ2n) is 6.06. The summed E-state index contributed by atoms with van der Waals surface area (Å²) in [5.41, 5.74) is 5.28. The van der Waals surface area contributed by atoms with Gasteiger partial charge in [-0.25, -0.2) is 4.79 Å². The molecule has 27 heavy (non-hydrogen) atoms. The van der Waals surface area contributed by atoms with Gasteiger partial charge >= 0.3 is 5.97 Å². The number of nitrogens with one attached hydrogen (secondary N) is 3.